The van der Waals surface area contributed by atoms with Gasteiger partial charge in [0.15, 0.2) is 0 Å². The van der Waals surface area contributed by atoms with Crippen molar-refractivity contribution in [1.82, 2.24) is 10.2 Å². The molecule has 0 aliphatic carbocycles. The predicted octanol–water partition coefficient (Wildman–Crippen LogP) is 2.71. The van der Waals surface area contributed by atoms with Crippen LogP contribution in [0.4, 0.5) is 5.69 Å². The highest BCUT2D eigenvalue weighted by Gasteiger charge is 2.26. The SMILES string of the molecule is CNC(=O)[C@H](C)N(Cc1cccc(OC)c1)C(=O)CCCN(c1cccc(C)c1)S(C)(=O)=O. The van der Waals surface area contributed by atoms with Gasteiger partial charge in [-0.05, 0) is 55.7 Å². The molecule has 0 aliphatic rings. The second kappa shape index (κ2) is 11.7. The molecule has 0 fully saturated rings. The monoisotopic (exact) mass is 475 g/mol. The number of carbonyl (C=O) groups excluding carboxylic acids is 2. The first-order chi connectivity index (χ1) is 15.6. The van der Waals surface area contributed by atoms with E-state index >= 15 is 0 Å². The van der Waals surface area contributed by atoms with Crippen LogP contribution in [0.3, 0.4) is 0 Å². The highest BCUT2D eigenvalue weighted by atomic mass is 32.2. The second-order valence-electron chi connectivity index (χ2n) is 7.94. The molecule has 1 atom stereocenters. The van der Waals surface area contributed by atoms with E-state index in [1.807, 2.05) is 37.3 Å². The normalized spacial score (nSPS) is 12.0. The first-order valence-electron chi connectivity index (χ1n) is 10.7. The number of hydrogen-bond donors (Lipinski definition) is 1. The zero-order valence-corrected chi connectivity index (χ0v) is 20.7. The summed E-state index contributed by atoms with van der Waals surface area (Å²) < 4.78 is 31.3. The number of rotatable bonds is 11. The van der Waals surface area contributed by atoms with Crippen LogP contribution in [-0.2, 0) is 26.2 Å². The third kappa shape index (κ3) is 7.49. The number of amides is 2. The van der Waals surface area contributed by atoms with Gasteiger partial charge in [-0.1, -0.05) is 24.3 Å². The Morgan fingerprint density at radius 1 is 1.12 bits per heavy atom. The summed E-state index contributed by atoms with van der Waals surface area (Å²) in [5.41, 5.74) is 2.34. The summed E-state index contributed by atoms with van der Waals surface area (Å²) in [5, 5.41) is 2.58. The molecule has 0 heterocycles. The van der Waals surface area contributed by atoms with Gasteiger partial charge in [0.25, 0.3) is 0 Å². The number of methoxy groups -OCH3 is 1. The Morgan fingerprint density at radius 3 is 2.42 bits per heavy atom. The van der Waals surface area contributed by atoms with Crippen LogP contribution in [0.25, 0.3) is 0 Å². The Morgan fingerprint density at radius 2 is 1.82 bits per heavy atom. The fraction of sp³-hybridized carbons (Fsp3) is 0.417. The van der Waals surface area contributed by atoms with Crippen LogP contribution in [0.15, 0.2) is 48.5 Å². The molecule has 2 aromatic carbocycles. The van der Waals surface area contributed by atoms with Crippen LogP contribution in [0.1, 0.15) is 30.9 Å². The Bertz CT molecular complexity index is 1070. The highest BCUT2D eigenvalue weighted by molar-refractivity contribution is 7.92. The van der Waals surface area contributed by atoms with E-state index < -0.39 is 16.1 Å². The van der Waals surface area contributed by atoms with Gasteiger partial charge in [-0.25, -0.2) is 8.42 Å². The molecule has 2 amide bonds. The van der Waals surface area contributed by atoms with E-state index in [1.165, 1.54) is 16.3 Å². The number of anilines is 1. The quantitative estimate of drug-likeness (QED) is 0.539. The van der Waals surface area contributed by atoms with E-state index in [1.54, 1.807) is 32.2 Å². The van der Waals surface area contributed by atoms with Gasteiger partial charge in [-0.2, -0.15) is 0 Å². The summed E-state index contributed by atoms with van der Waals surface area (Å²) in [7, 11) is -0.419. The zero-order valence-electron chi connectivity index (χ0n) is 19.9. The summed E-state index contributed by atoms with van der Waals surface area (Å²) in [4.78, 5) is 26.9. The molecule has 0 bridgehead atoms. The lowest BCUT2D eigenvalue weighted by Crippen LogP contribution is -2.46. The summed E-state index contributed by atoms with van der Waals surface area (Å²) in [6.07, 6.45) is 1.57. The molecular weight excluding hydrogens is 442 g/mol. The number of benzene rings is 2. The van der Waals surface area contributed by atoms with Crippen molar-refractivity contribution in [1.29, 1.82) is 0 Å². The fourth-order valence-electron chi connectivity index (χ4n) is 3.55. The number of sulfonamides is 1. The lowest BCUT2D eigenvalue weighted by molar-refractivity contribution is -0.140. The highest BCUT2D eigenvalue weighted by Crippen LogP contribution is 2.21. The van der Waals surface area contributed by atoms with E-state index in [0.29, 0.717) is 17.9 Å². The maximum Gasteiger partial charge on any atom is 0.242 e. The number of ether oxygens (including phenoxy) is 1. The number of hydrogen-bond acceptors (Lipinski definition) is 5. The maximum absolute atomic E-state index is 13.1. The molecule has 2 rings (SSSR count). The molecule has 1 N–H and O–H groups in total. The Labute approximate surface area is 196 Å². The summed E-state index contributed by atoms with van der Waals surface area (Å²) in [6.45, 7) is 3.96. The maximum atomic E-state index is 13.1. The molecule has 0 aliphatic heterocycles. The van der Waals surface area contributed by atoms with E-state index in [0.717, 1.165) is 17.4 Å². The lowest BCUT2D eigenvalue weighted by atomic mass is 10.1. The van der Waals surface area contributed by atoms with Crippen molar-refractivity contribution >= 4 is 27.5 Å². The van der Waals surface area contributed by atoms with Crippen molar-refractivity contribution in [3.63, 3.8) is 0 Å². The van der Waals surface area contributed by atoms with Gasteiger partial charge in [-0.3, -0.25) is 13.9 Å². The van der Waals surface area contributed by atoms with Crippen molar-refractivity contribution in [3.8, 4) is 5.75 Å². The van der Waals surface area contributed by atoms with Gasteiger partial charge in [-0.15, -0.1) is 0 Å². The van der Waals surface area contributed by atoms with E-state index in [4.69, 9.17) is 4.74 Å². The standard InChI is InChI=1S/C24H33N3O5S/c1-18-9-6-11-21(15-18)27(33(5,30)31)14-8-13-23(28)26(19(2)24(29)25-3)17-20-10-7-12-22(16-20)32-4/h6-7,9-12,15-16,19H,8,13-14,17H2,1-5H3,(H,25,29)/t19-/m0/s1. The van der Waals surface area contributed by atoms with Gasteiger partial charge in [0.05, 0.1) is 19.1 Å². The smallest absolute Gasteiger partial charge is 0.242 e. The van der Waals surface area contributed by atoms with E-state index in [2.05, 4.69) is 5.32 Å². The summed E-state index contributed by atoms with van der Waals surface area (Å²) in [5.74, 6) is 0.157. The Hall–Kier alpha value is -3.07. The molecule has 2 aromatic rings. The third-order valence-corrected chi connectivity index (χ3v) is 6.54. The molecule has 33 heavy (non-hydrogen) atoms. The van der Waals surface area contributed by atoms with Crippen LogP contribution >= 0.6 is 0 Å². The average molecular weight is 476 g/mol. The molecule has 9 heteroatoms. The number of carbonyl (C=O) groups is 2. The van der Waals surface area contributed by atoms with Crippen molar-refractivity contribution in [2.45, 2.75) is 39.3 Å². The number of likely N-dealkylation sites (N-methyl/N-ethyl adjacent to an activating group) is 1. The van der Waals surface area contributed by atoms with Crippen LogP contribution in [0.2, 0.25) is 0 Å². The van der Waals surface area contributed by atoms with Crippen molar-refractivity contribution in [2.75, 3.05) is 31.3 Å². The topological polar surface area (TPSA) is 96.0 Å². The minimum absolute atomic E-state index is 0.100. The predicted molar refractivity (Wildman–Crippen MR) is 130 cm³/mol. The van der Waals surface area contributed by atoms with Gasteiger partial charge in [0.2, 0.25) is 21.8 Å². The van der Waals surface area contributed by atoms with E-state index in [-0.39, 0.29) is 31.3 Å². The molecule has 0 radical (unpaired) electrons. The van der Waals surface area contributed by atoms with Crippen LogP contribution in [-0.4, -0.2) is 58.1 Å². The van der Waals surface area contributed by atoms with E-state index in [9.17, 15) is 18.0 Å². The Kier molecular flexibility index (Phi) is 9.28. The van der Waals surface area contributed by atoms with Gasteiger partial charge in [0.1, 0.15) is 11.8 Å². The van der Waals surface area contributed by atoms with Crippen LogP contribution in [0, 0.1) is 6.92 Å². The third-order valence-electron chi connectivity index (χ3n) is 5.34. The molecule has 0 saturated heterocycles. The van der Waals surface area contributed by atoms with Crippen molar-refractivity contribution < 1.29 is 22.7 Å². The van der Waals surface area contributed by atoms with Crippen molar-refractivity contribution in [3.05, 3.63) is 59.7 Å². The minimum Gasteiger partial charge on any atom is -0.497 e. The molecule has 0 aromatic heterocycles. The molecular formula is C24H33N3O5S. The number of nitrogens with one attached hydrogen (secondary N) is 1. The second-order valence-corrected chi connectivity index (χ2v) is 9.85. The first kappa shape index (κ1) is 26.2. The van der Waals surface area contributed by atoms with Crippen molar-refractivity contribution in [2.24, 2.45) is 0 Å². The number of nitrogens with zero attached hydrogens (tertiary/aromatic N) is 2. The summed E-state index contributed by atoms with van der Waals surface area (Å²) >= 11 is 0. The number of aryl methyl sites for hydroxylation is 1. The van der Waals surface area contributed by atoms with Gasteiger partial charge in [0, 0.05) is 26.6 Å². The molecule has 180 valence electrons. The lowest BCUT2D eigenvalue weighted by Gasteiger charge is -2.29. The minimum atomic E-state index is -3.51. The first-order valence-corrected chi connectivity index (χ1v) is 12.6. The average Bonchev–Trinajstić information content (AvgIpc) is 2.78. The van der Waals surface area contributed by atoms with Crippen LogP contribution < -0.4 is 14.4 Å². The Balaban J connectivity index is 2.16. The van der Waals surface area contributed by atoms with Gasteiger partial charge < -0.3 is 15.0 Å². The van der Waals surface area contributed by atoms with Crippen LogP contribution in [0.5, 0.6) is 5.75 Å². The molecule has 0 saturated carbocycles. The van der Waals surface area contributed by atoms with Gasteiger partial charge >= 0.3 is 0 Å². The molecule has 8 nitrogen and oxygen atoms in total. The summed E-state index contributed by atoms with van der Waals surface area (Å²) in [6, 6.07) is 13.9. The molecule has 0 spiro atoms. The largest absolute Gasteiger partial charge is 0.497 e. The fourth-order valence-corrected chi connectivity index (χ4v) is 4.50. The zero-order chi connectivity index (χ0) is 24.6. The molecule has 0 unspecified atom stereocenters.